The lowest BCUT2D eigenvalue weighted by molar-refractivity contribution is 0.151. The van der Waals surface area contributed by atoms with Gasteiger partial charge in [0.15, 0.2) is 17.3 Å². The third-order valence-corrected chi connectivity index (χ3v) is 6.28. The number of ether oxygens (including phenoxy) is 3. The number of nitrogens with zero attached hydrogens (tertiary/aromatic N) is 3. The molecule has 0 aliphatic carbocycles. The van der Waals surface area contributed by atoms with Crippen LogP contribution in [0.15, 0.2) is 27.6 Å². The van der Waals surface area contributed by atoms with Gasteiger partial charge in [0.25, 0.3) is 5.89 Å². The number of hydrogen-bond donors (Lipinski definition) is 0. The van der Waals surface area contributed by atoms with Crippen molar-refractivity contribution < 1.29 is 27.2 Å². The van der Waals surface area contributed by atoms with E-state index in [0.717, 1.165) is 0 Å². The second-order valence-electron chi connectivity index (χ2n) is 6.13. The lowest BCUT2D eigenvalue weighted by atomic mass is 10.1. The molecule has 26 heavy (non-hydrogen) atoms. The van der Waals surface area contributed by atoms with Crippen molar-refractivity contribution in [3.8, 4) is 11.5 Å². The highest BCUT2D eigenvalue weighted by atomic mass is 32.2. The molecule has 0 unspecified atom stereocenters. The summed E-state index contributed by atoms with van der Waals surface area (Å²) in [7, 11) is -2.09. The molecule has 0 radical (unpaired) electrons. The van der Waals surface area contributed by atoms with Gasteiger partial charge in [-0.05, 0) is 18.6 Å². The zero-order valence-electron chi connectivity index (χ0n) is 14.3. The lowest BCUT2D eigenvalue weighted by Gasteiger charge is -2.21. The Morgan fingerprint density at radius 1 is 1.27 bits per heavy atom. The van der Waals surface area contributed by atoms with Gasteiger partial charge in [-0.3, -0.25) is 0 Å². The SMILES string of the molecule is COCc1nc([C@H]2CCN(S(=O)(=O)c3ccc4c(c3)OCCO4)C2)no1. The van der Waals surface area contributed by atoms with Gasteiger partial charge in [-0.2, -0.15) is 9.29 Å². The predicted molar refractivity (Wildman–Crippen MR) is 88.6 cm³/mol. The zero-order chi connectivity index (χ0) is 18.1. The van der Waals surface area contributed by atoms with Crippen molar-refractivity contribution in [2.75, 3.05) is 33.4 Å². The molecule has 0 amide bonds. The molecule has 1 aromatic carbocycles. The van der Waals surface area contributed by atoms with Crippen LogP contribution >= 0.6 is 0 Å². The molecule has 0 spiro atoms. The Morgan fingerprint density at radius 2 is 2.08 bits per heavy atom. The van der Waals surface area contributed by atoms with E-state index >= 15 is 0 Å². The number of hydrogen-bond acceptors (Lipinski definition) is 8. The average molecular weight is 381 g/mol. The third kappa shape index (κ3) is 3.15. The van der Waals surface area contributed by atoms with E-state index in [1.54, 1.807) is 19.2 Å². The normalized spacial score (nSPS) is 20.4. The highest BCUT2D eigenvalue weighted by Gasteiger charge is 2.36. The van der Waals surface area contributed by atoms with Crippen molar-refractivity contribution in [1.29, 1.82) is 0 Å². The molecule has 10 heteroatoms. The Labute approximate surface area is 150 Å². The summed E-state index contributed by atoms with van der Waals surface area (Å²) in [6, 6.07) is 4.69. The minimum atomic E-state index is -3.63. The zero-order valence-corrected chi connectivity index (χ0v) is 15.1. The first-order valence-corrected chi connectivity index (χ1v) is 9.73. The molecule has 2 aromatic rings. The molecule has 9 nitrogen and oxygen atoms in total. The van der Waals surface area contributed by atoms with Crippen molar-refractivity contribution in [2.24, 2.45) is 0 Å². The van der Waals surface area contributed by atoms with Crippen molar-refractivity contribution >= 4 is 10.0 Å². The fraction of sp³-hybridized carbons (Fsp3) is 0.500. The predicted octanol–water partition coefficient (Wildman–Crippen LogP) is 1.17. The van der Waals surface area contributed by atoms with E-state index in [0.29, 0.717) is 55.9 Å². The van der Waals surface area contributed by atoms with Crippen LogP contribution in [0.4, 0.5) is 0 Å². The Morgan fingerprint density at radius 3 is 2.88 bits per heavy atom. The van der Waals surface area contributed by atoms with Crippen LogP contribution in [0.25, 0.3) is 0 Å². The first kappa shape index (κ1) is 17.3. The van der Waals surface area contributed by atoms with E-state index in [1.165, 1.54) is 10.4 Å². The molecule has 0 N–H and O–H groups in total. The van der Waals surface area contributed by atoms with Crippen molar-refractivity contribution in [3.63, 3.8) is 0 Å². The molecule has 1 saturated heterocycles. The maximum absolute atomic E-state index is 13.0. The molecule has 0 saturated carbocycles. The molecule has 4 rings (SSSR count). The number of methoxy groups -OCH3 is 1. The van der Waals surface area contributed by atoms with E-state index in [9.17, 15) is 8.42 Å². The second kappa shape index (κ2) is 6.86. The number of sulfonamides is 1. The van der Waals surface area contributed by atoms with Crippen LogP contribution in [0.5, 0.6) is 11.5 Å². The van der Waals surface area contributed by atoms with Crippen LogP contribution < -0.4 is 9.47 Å². The molecule has 1 aromatic heterocycles. The summed E-state index contributed by atoms with van der Waals surface area (Å²) in [6.45, 7) is 1.81. The molecular formula is C16H19N3O6S. The largest absolute Gasteiger partial charge is 0.486 e. The van der Waals surface area contributed by atoms with E-state index in [4.69, 9.17) is 18.7 Å². The monoisotopic (exact) mass is 381 g/mol. The number of aromatic nitrogens is 2. The summed E-state index contributed by atoms with van der Waals surface area (Å²) in [5.74, 6) is 1.81. The second-order valence-corrected chi connectivity index (χ2v) is 8.07. The maximum atomic E-state index is 13.0. The molecule has 1 fully saturated rings. The summed E-state index contributed by atoms with van der Waals surface area (Å²) in [5.41, 5.74) is 0. The van der Waals surface area contributed by atoms with Crippen LogP contribution in [0, 0.1) is 0 Å². The molecule has 2 aliphatic heterocycles. The van der Waals surface area contributed by atoms with Gasteiger partial charge in [0, 0.05) is 32.2 Å². The Balaban J connectivity index is 1.52. The standard InChI is InChI=1S/C16H19N3O6S/c1-22-10-15-17-16(18-25-15)11-4-5-19(9-11)26(20,21)12-2-3-13-14(8-12)24-7-6-23-13/h2-3,8,11H,4-7,9-10H2,1H3/t11-/m0/s1. The molecular weight excluding hydrogens is 362 g/mol. The van der Waals surface area contributed by atoms with E-state index in [-0.39, 0.29) is 17.4 Å². The van der Waals surface area contributed by atoms with Crippen LogP contribution in [-0.4, -0.2) is 56.3 Å². The Bertz CT molecular complexity index is 897. The molecule has 0 bridgehead atoms. The summed E-state index contributed by atoms with van der Waals surface area (Å²) in [4.78, 5) is 4.46. The van der Waals surface area contributed by atoms with Crippen LogP contribution in [-0.2, 0) is 21.4 Å². The molecule has 140 valence electrons. The van der Waals surface area contributed by atoms with Gasteiger partial charge in [0.2, 0.25) is 10.0 Å². The van der Waals surface area contributed by atoms with E-state index in [2.05, 4.69) is 10.1 Å². The molecule has 1 atom stereocenters. The van der Waals surface area contributed by atoms with Crippen LogP contribution in [0.1, 0.15) is 24.1 Å². The first-order valence-electron chi connectivity index (χ1n) is 8.29. The van der Waals surface area contributed by atoms with Crippen molar-refractivity contribution in [1.82, 2.24) is 14.4 Å². The first-order chi connectivity index (χ1) is 12.6. The molecule has 3 heterocycles. The van der Waals surface area contributed by atoms with Crippen LogP contribution in [0.2, 0.25) is 0 Å². The Kier molecular flexibility index (Phi) is 4.55. The van der Waals surface area contributed by atoms with Crippen LogP contribution in [0.3, 0.4) is 0 Å². The van der Waals surface area contributed by atoms with Crippen molar-refractivity contribution in [3.05, 3.63) is 29.9 Å². The fourth-order valence-electron chi connectivity index (χ4n) is 3.11. The Hall–Kier alpha value is -2.17. The third-order valence-electron chi connectivity index (χ3n) is 4.42. The van der Waals surface area contributed by atoms with E-state index in [1.807, 2.05) is 0 Å². The molecule has 2 aliphatic rings. The minimum Gasteiger partial charge on any atom is -0.486 e. The summed E-state index contributed by atoms with van der Waals surface area (Å²) in [6.07, 6.45) is 0.635. The highest BCUT2D eigenvalue weighted by molar-refractivity contribution is 7.89. The van der Waals surface area contributed by atoms with Gasteiger partial charge in [-0.1, -0.05) is 5.16 Å². The summed E-state index contributed by atoms with van der Waals surface area (Å²) >= 11 is 0. The van der Waals surface area contributed by atoms with E-state index < -0.39 is 10.0 Å². The van der Waals surface area contributed by atoms with Gasteiger partial charge >= 0.3 is 0 Å². The van der Waals surface area contributed by atoms with Gasteiger partial charge in [0.05, 0.1) is 4.90 Å². The lowest BCUT2D eigenvalue weighted by Crippen LogP contribution is -2.29. The summed E-state index contributed by atoms with van der Waals surface area (Å²) < 4.78 is 48.3. The maximum Gasteiger partial charge on any atom is 0.252 e. The average Bonchev–Trinajstić information content (AvgIpc) is 3.31. The van der Waals surface area contributed by atoms with Gasteiger partial charge in [-0.25, -0.2) is 8.42 Å². The van der Waals surface area contributed by atoms with Gasteiger partial charge in [-0.15, -0.1) is 0 Å². The van der Waals surface area contributed by atoms with Gasteiger partial charge in [0.1, 0.15) is 19.8 Å². The minimum absolute atomic E-state index is 0.101. The number of benzene rings is 1. The highest BCUT2D eigenvalue weighted by Crippen LogP contribution is 2.35. The summed E-state index contributed by atoms with van der Waals surface area (Å²) in [5, 5.41) is 3.94. The fourth-order valence-corrected chi connectivity index (χ4v) is 4.62. The smallest absolute Gasteiger partial charge is 0.252 e. The van der Waals surface area contributed by atoms with Gasteiger partial charge < -0.3 is 18.7 Å². The van der Waals surface area contributed by atoms with Crippen molar-refractivity contribution in [2.45, 2.75) is 23.8 Å². The number of fused-ring (bicyclic) bond motifs is 1. The topological polar surface area (TPSA) is 104 Å². The quantitative estimate of drug-likeness (QED) is 0.760. The number of rotatable bonds is 5.